The number of hydrogen-bond acceptors (Lipinski definition) is 4. The van der Waals surface area contributed by atoms with E-state index < -0.39 is 11.0 Å². The number of hydrogen-bond donors (Lipinski definition) is 1. The van der Waals surface area contributed by atoms with Gasteiger partial charge in [-0.2, -0.15) is 0 Å². The molecule has 0 aliphatic rings. The fourth-order valence-electron chi connectivity index (χ4n) is 1.86. The van der Waals surface area contributed by atoms with Gasteiger partial charge in [-0.3, -0.25) is 10.1 Å². The summed E-state index contributed by atoms with van der Waals surface area (Å²) in [5.41, 5.74) is 1.15. The predicted octanol–water partition coefficient (Wildman–Crippen LogP) is 3.05. The maximum atomic E-state index is 11.1. The predicted molar refractivity (Wildman–Crippen MR) is 76.4 cm³/mol. The van der Waals surface area contributed by atoms with Gasteiger partial charge in [0.2, 0.25) is 0 Å². The summed E-state index contributed by atoms with van der Waals surface area (Å²) in [7, 11) is 1.83. The van der Waals surface area contributed by atoms with E-state index in [1.807, 2.05) is 18.0 Å². The second kappa shape index (κ2) is 6.89. The molecule has 1 atom stereocenters. The molecule has 0 fully saturated rings. The van der Waals surface area contributed by atoms with Gasteiger partial charge in [-0.15, -0.1) is 6.58 Å². The fourth-order valence-corrected chi connectivity index (χ4v) is 1.86. The van der Waals surface area contributed by atoms with Crippen molar-refractivity contribution < 1.29 is 10.0 Å². The topological polar surface area (TPSA) is 66.6 Å². The number of rotatable bonds is 7. The monoisotopic (exact) mass is 264 g/mol. The largest absolute Gasteiger partial charge is 0.389 e. The van der Waals surface area contributed by atoms with Crippen LogP contribution in [0.5, 0.6) is 0 Å². The molecule has 5 nitrogen and oxygen atoms in total. The molecule has 0 aliphatic carbocycles. The van der Waals surface area contributed by atoms with Crippen LogP contribution in [0.2, 0.25) is 0 Å². The standard InChI is InChI=1S/C14H20N2O3/c1-4-5-6-9-15(3)13-8-7-12(11(2)17)10-14(13)16(18)19/h4,7-8,10-11,17H,1,5-6,9H2,2-3H3/t11-/m1/s1. The number of nitrogens with zero attached hydrogens (tertiary/aromatic N) is 2. The molecule has 0 saturated heterocycles. The first kappa shape index (κ1) is 15.2. The van der Waals surface area contributed by atoms with E-state index in [1.54, 1.807) is 19.1 Å². The second-order valence-electron chi connectivity index (χ2n) is 4.53. The van der Waals surface area contributed by atoms with Crippen molar-refractivity contribution >= 4 is 11.4 Å². The molecule has 104 valence electrons. The zero-order valence-corrected chi connectivity index (χ0v) is 11.4. The molecular weight excluding hydrogens is 244 g/mol. The molecule has 1 rings (SSSR count). The second-order valence-corrected chi connectivity index (χ2v) is 4.53. The Morgan fingerprint density at radius 3 is 2.79 bits per heavy atom. The summed E-state index contributed by atoms with van der Waals surface area (Å²) in [6.45, 7) is 5.97. The summed E-state index contributed by atoms with van der Waals surface area (Å²) >= 11 is 0. The van der Waals surface area contributed by atoms with Crippen molar-refractivity contribution in [2.24, 2.45) is 0 Å². The van der Waals surface area contributed by atoms with Crippen LogP contribution in [0.15, 0.2) is 30.9 Å². The lowest BCUT2D eigenvalue weighted by Crippen LogP contribution is -2.19. The quantitative estimate of drug-likeness (QED) is 0.356. The number of unbranched alkanes of at least 4 members (excludes halogenated alkanes) is 1. The number of aliphatic hydroxyl groups is 1. The molecule has 0 amide bonds. The molecule has 0 radical (unpaired) electrons. The van der Waals surface area contributed by atoms with Crippen LogP contribution in [-0.2, 0) is 0 Å². The van der Waals surface area contributed by atoms with Crippen LogP contribution in [0.4, 0.5) is 11.4 Å². The number of anilines is 1. The van der Waals surface area contributed by atoms with Gasteiger partial charge in [0.15, 0.2) is 0 Å². The summed E-state index contributed by atoms with van der Waals surface area (Å²) in [4.78, 5) is 12.6. The lowest BCUT2D eigenvalue weighted by Gasteiger charge is -2.19. The van der Waals surface area contributed by atoms with Gasteiger partial charge in [0, 0.05) is 19.7 Å². The Bertz CT molecular complexity index is 458. The van der Waals surface area contributed by atoms with Gasteiger partial charge in [0.1, 0.15) is 5.69 Å². The minimum atomic E-state index is -0.709. The Morgan fingerprint density at radius 1 is 1.58 bits per heavy atom. The molecule has 0 bridgehead atoms. The molecule has 0 heterocycles. The Labute approximate surface area is 113 Å². The third-order valence-electron chi connectivity index (χ3n) is 2.99. The summed E-state index contributed by atoms with van der Waals surface area (Å²) in [5, 5.41) is 20.6. The fraction of sp³-hybridized carbons (Fsp3) is 0.429. The summed E-state index contributed by atoms with van der Waals surface area (Å²) in [6, 6.07) is 4.84. The number of nitro benzene ring substituents is 1. The van der Waals surface area contributed by atoms with Crippen LogP contribution >= 0.6 is 0 Å². The highest BCUT2D eigenvalue weighted by molar-refractivity contribution is 5.64. The van der Waals surface area contributed by atoms with E-state index in [-0.39, 0.29) is 5.69 Å². The molecule has 1 aromatic carbocycles. The zero-order valence-electron chi connectivity index (χ0n) is 11.4. The molecule has 0 unspecified atom stereocenters. The van der Waals surface area contributed by atoms with Crippen LogP contribution in [0.1, 0.15) is 31.4 Å². The molecule has 1 aromatic rings. The third kappa shape index (κ3) is 4.06. The van der Waals surface area contributed by atoms with Crippen molar-refractivity contribution in [2.75, 3.05) is 18.5 Å². The normalized spacial score (nSPS) is 11.9. The molecule has 19 heavy (non-hydrogen) atoms. The van der Waals surface area contributed by atoms with E-state index in [2.05, 4.69) is 6.58 Å². The lowest BCUT2D eigenvalue weighted by atomic mass is 10.1. The number of allylic oxidation sites excluding steroid dienone is 1. The lowest BCUT2D eigenvalue weighted by molar-refractivity contribution is -0.384. The minimum absolute atomic E-state index is 0.0273. The smallest absolute Gasteiger partial charge is 0.292 e. The van der Waals surface area contributed by atoms with E-state index in [1.165, 1.54) is 6.07 Å². The van der Waals surface area contributed by atoms with Crippen LogP contribution in [0, 0.1) is 10.1 Å². The SMILES string of the molecule is C=CCCCN(C)c1ccc([C@@H](C)O)cc1[N+](=O)[O-]. The number of benzene rings is 1. The van der Waals surface area contributed by atoms with Crippen LogP contribution in [-0.4, -0.2) is 23.6 Å². The highest BCUT2D eigenvalue weighted by atomic mass is 16.6. The maximum absolute atomic E-state index is 11.1. The first-order chi connectivity index (χ1) is 8.97. The van der Waals surface area contributed by atoms with Crippen molar-refractivity contribution in [1.29, 1.82) is 0 Å². The summed E-state index contributed by atoms with van der Waals surface area (Å²) < 4.78 is 0. The van der Waals surface area contributed by atoms with Crippen molar-refractivity contribution in [3.05, 3.63) is 46.5 Å². The van der Waals surface area contributed by atoms with Gasteiger partial charge in [-0.25, -0.2) is 0 Å². The number of nitro groups is 1. The Hall–Kier alpha value is -1.88. The highest BCUT2D eigenvalue weighted by Gasteiger charge is 2.18. The van der Waals surface area contributed by atoms with Crippen LogP contribution < -0.4 is 4.90 Å². The molecular formula is C14H20N2O3. The van der Waals surface area contributed by atoms with Crippen molar-refractivity contribution in [1.82, 2.24) is 0 Å². The van der Waals surface area contributed by atoms with Gasteiger partial charge in [-0.05, 0) is 31.4 Å². The van der Waals surface area contributed by atoms with Crippen LogP contribution in [0.25, 0.3) is 0 Å². The van der Waals surface area contributed by atoms with Gasteiger partial charge in [-0.1, -0.05) is 12.1 Å². The van der Waals surface area contributed by atoms with Crippen molar-refractivity contribution in [2.45, 2.75) is 25.9 Å². The molecule has 0 spiro atoms. The van der Waals surface area contributed by atoms with E-state index in [0.717, 1.165) is 19.4 Å². The summed E-state index contributed by atoms with van der Waals surface area (Å²) in [6.07, 6.45) is 2.90. The Balaban J connectivity index is 2.99. The van der Waals surface area contributed by atoms with Crippen LogP contribution in [0.3, 0.4) is 0 Å². The molecule has 1 N–H and O–H groups in total. The van der Waals surface area contributed by atoms with Gasteiger partial charge in [0.25, 0.3) is 5.69 Å². The van der Waals surface area contributed by atoms with E-state index >= 15 is 0 Å². The van der Waals surface area contributed by atoms with Gasteiger partial charge >= 0.3 is 0 Å². The van der Waals surface area contributed by atoms with E-state index in [9.17, 15) is 15.2 Å². The molecule has 0 aliphatic heterocycles. The third-order valence-corrected chi connectivity index (χ3v) is 2.99. The van der Waals surface area contributed by atoms with E-state index in [4.69, 9.17) is 0 Å². The van der Waals surface area contributed by atoms with Gasteiger partial charge < -0.3 is 10.0 Å². The molecule has 5 heteroatoms. The van der Waals surface area contributed by atoms with E-state index in [0.29, 0.717) is 11.3 Å². The first-order valence-corrected chi connectivity index (χ1v) is 6.25. The molecule has 0 aromatic heterocycles. The minimum Gasteiger partial charge on any atom is -0.389 e. The summed E-state index contributed by atoms with van der Waals surface area (Å²) in [5.74, 6) is 0. The molecule has 0 saturated carbocycles. The Morgan fingerprint density at radius 2 is 2.26 bits per heavy atom. The highest BCUT2D eigenvalue weighted by Crippen LogP contribution is 2.30. The Kier molecular flexibility index (Phi) is 5.51. The van der Waals surface area contributed by atoms with Gasteiger partial charge in [0.05, 0.1) is 11.0 Å². The average molecular weight is 264 g/mol. The number of aliphatic hydroxyl groups excluding tert-OH is 1. The van der Waals surface area contributed by atoms with Crippen molar-refractivity contribution in [3.8, 4) is 0 Å². The average Bonchev–Trinajstić information content (AvgIpc) is 2.38. The first-order valence-electron chi connectivity index (χ1n) is 6.25. The zero-order chi connectivity index (χ0) is 14.4. The van der Waals surface area contributed by atoms with Crippen molar-refractivity contribution in [3.63, 3.8) is 0 Å². The maximum Gasteiger partial charge on any atom is 0.292 e.